The molecule has 1 saturated heterocycles. The molecule has 0 spiro atoms. The number of nitrogens with zero attached hydrogens (tertiary/aromatic N) is 2. The number of carbonyl (C=O) groups excluding carboxylic acids is 2. The van der Waals surface area contributed by atoms with Gasteiger partial charge in [0.1, 0.15) is 0 Å². The first-order chi connectivity index (χ1) is 10.6. The number of hydrogen-bond donors (Lipinski definition) is 1. The lowest BCUT2D eigenvalue weighted by Gasteiger charge is -2.31. The lowest BCUT2D eigenvalue weighted by atomic mass is 9.98. The second-order valence-electron chi connectivity index (χ2n) is 5.66. The normalized spacial score (nSPS) is 18.3. The van der Waals surface area contributed by atoms with Gasteiger partial charge in [-0.2, -0.15) is 0 Å². The molecule has 0 bridgehead atoms. The van der Waals surface area contributed by atoms with Gasteiger partial charge < -0.3 is 10.2 Å². The molecule has 0 saturated carbocycles. The highest BCUT2D eigenvalue weighted by Crippen LogP contribution is 2.29. The molecule has 1 atom stereocenters. The number of nitrogens with one attached hydrogen (secondary N) is 1. The molecule has 0 aromatic carbocycles. The van der Waals surface area contributed by atoms with E-state index in [-0.39, 0.29) is 11.8 Å². The van der Waals surface area contributed by atoms with E-state index in [4.69, 9.17) is 4.98 Å². The van der Waals surface area contributed by atoms with Crippen LogP contribution < -0.4 is 5.32 Å². The maximum Gasteiger partial charge on any atom is 0.222 e. The van der Waals surface area contributed by atoms with Gasteiger partial charge in [0.15, 0.2) is 0 Å². The number of carbonyl (C=O) groups is 2. The highest BCUT2D eigenvalue weighted by atomic mass is 32.1. The van der Waals surface area contributed by atoms with Gasteiger partial charge in [0, 0.05) is 50.2 Å². The summed E-state index contributed by atoms with van der Waals surface area (Å²) >= 11 is 1.68. The summed E-state index contributed by atoms with van der Waals surface area (Å²) in [6.45, 7) is 6.08. The first-order valence-electron chi connectivity index (χ1n) is 8.12. The Morgan fingerprint density at radius 1 is 1.41 bits per heavy atom. The van der Waals surface area contributed by atoms with E-state index < -0.39 is 0 Å². The Hall–Kier alpha value is -1.43. The van der Waals surface area contributed by atoms with Crippen molar-refractivity contribution in [2.24, 2.45) is 0 Å². The van der Waals surface area contributed by atoms with E-state index in [9.17, 15) is 9.59 Å². The fourth-order valence-corrected chi connectivity index (χ4v) is 3.69. The van der Waals surface area contributed by atoms with Crippen LogP contribution in [0.4, 0.5) is 0 Å². The van der Waals surface area contributed by atoms with Crippen molar-refractivity contribution in [3.8, 4) is 0 Å². The van der Waals surface area contributed by atoms with Crippen LogP contribution in [0.15, 0.2) is 5.38 Å². The highest BCUT2D eigenvalue weighted by molar-refractivity contribution is 7.09. The zero-order valence-corrected chi connectivity index (χ0v) is 14.2. The summed E-state index contributed by atoms with van der Waals surface area (Å²) in [4.78, 5) is 29.7. The van der Waals surface area contributed by atoms with Crippen LogP contribution in [-0.2, 0) is 16.0 Å². The van der Waals surface area contributed by atoms with E-state index in [0.717, 1.165) is 43.1 Å². The second kappa shape index (κ2) is 8.27. The molecule has 2 amide bonds. The predicted molar refractivity (Wildman–Crippen MR) is 88.0 cm³/mol. The van der Waals surface area contributed by atoms with Crippen molar-refractivity contribution in [2.45, 2.75) is 51.9 Å². The fraction of sp³-hybridized carbons (Fsp3) is 0.688. The van der Waals surface area contributed by atoms with Crippen molar-refractivity contribution >= 4 is 23.2 Å². The molecular formula is C16H25N3O2S. The molecule has 2 rings (SSSR count). The van der Waals surface area contributed by atoms with Crippen molar-refractivity contribution in [1.82, 2.24) is 15.2 Å². The minimum absolute atomic E-state index is 0.0800. The van der Waals surface area contributed by atoms with Gasteiger partial charge in [-0.25, -0.2) is 4.98 Å². The van der Waals surface area contributed by atoms with Crippen molar-refractivity contribution in [1.29, 1.82) is 0 Å². The van der Waals surface area contributed by atoms with E-state index in [1.54, 1.807) is 11.3 Å². The third-order valence-corrected chi connectivity index (χ3v) is 5.08. The van der Waals surface area contributed by atoms with Crippen molar-refractivity contribution < 1.29 is 9.59 Å². The summed E-state index contributed by atoms with van der Waals surface area (Å²) in [5.41, 5.74) is 1.04. The molecule has 1 aliphatic heterocycles. The molecule has 1 aromatic rings. The summed E-state index contributed by atoms with van der Waals surface area (Å²) in [6, 6.07) is 0. The zero-order valence-electron chi connectivity index (χ0n) is 13.4. The molecule has 6 heteroatoms. The van der Waals surface area contributed by atoms with E-state index in [1.807, 2.05) is 18.7 Å². The molecule has 1 aromatic heterocycles. The first-order valence-corrected chi connectivity index (χ1v) is 9.00. The monoisotopic (exact) mass is 323 g/mol. The molecule has 0 radical (unpaired) electrons. The Bertz CT molecular complexity index is 515. The lowest BCUT2D eigenvalue weighted by Crippen LogP contribution is -2.38. The van der Waals surface area contributed by atoms with Gasteiger partial charge in [-0.3, -0.25) is 9.59 Å². The van der Waals surface area contributed by atoms with Gasteiger partial charge >= 0.3 is 0 Å². The summed E-state index contributed by atoms with van der Waals surface area (Å²) in [5.74, 6) is 0.688. The second-order valence-corrected chi connectivity index (χ2v) is 6.55. The molecule has 122 valence electrons. The van der Waals surface area contributed by atoms with Crippen LogP contribution in [0.2, 0.25) is 0 Å². The Morgan fingerprint density at radius 3 is 2.95 bits per heavy atom. The van der Waals surface area contributed by atoms with Crippen LogP contribution in [0.3, 0.4) is 0 Å². The topological polar surface area (TPSA) is 62.3 Å². The van der Waals surface area contributed by atoms with Crippen LogP contribution in [0.5, 0.6) is 0 Å². The first kappa shape index (κ1) is 16.9. The maximum absolute atomic E-state index is 11.9. The van der Waals surface area contributed by atoms with Crippen LogP contribution in [-0.4, -0.2) is 41.3 Å². The van der Waals surface area contributed by atoms with E-state index >= 15 is 0 Å². The molecule has 2 heterocycles. The summed E-state index contributed by atoms with van der Waals surface area (Å²) in [5, 5.41) is 6.08. The standard InChI is InChI=1S/C16H25N3O2S/c1-3-14(20)17-8-7-13-11-22-16(18-13)12-6-5-9-19(10-12)15(21)4-2/h11-12H,3-10H2,1-2H3,(H,17,20). The smallest absolute Gasteiger partial charge is 0.222 e. The molecule has 1 N–H and O–H groups in total. The average molecular weight is 323 g/mol. The zero-order chi connectivity index (χ0) is 15.9. The van der Waals surface area contributed by atoms with Crippen LogP contribution in [0.25, 0.3) is 0 Å². The molecule has 22 heavy (non-hydrogen) atoms. The highest BCUT2D eigenvalue weighted by Gasteiger charge is 2.25. The van der Waals surface area contributed by atoms with Gasteiger partial charge in [-0.05, 0) is 12.8 Å². The third kappa shape index (κ3) is 4.53. The Kier molecular flexibility index (Phi) is 6.36. The molecule has 1 fully saturated rings. The fourth-order valence-electron chi connectivity index (χ4n) is 2.71. The largest absolute Gasteiger partial charge is 0.356 e. The van der Waals surface area contributed by atoms with Crippen molar-refractivity contribution in [3.63, 3.8) is 0 Å². The summed E-state index contributed by atoms with van der Waals surface area (Å²) < 4.78 is 0. The maximum atomic E-state index is 11.9. The van der Waals surface area contributed by atoms with Gasteiger partial charge in [-0.1, -0.05) is 13.8 Å². The van der Waals surface area contributed by atoms with E-state index in [2.05, 4.69) is 10.7 Å². The van der Waals surface area contributed by atoms with Gasteiger partial charge in [0.2, 0.25) is 11.8 Å². The third-order valence-electron chi connectivity index (χ3n) is 4.02. The molecule has 1 unspecified atom stereocenters. The molecular weight excluding hydrogens is 298 g/mol. The summed E-state index contributed by atoms with van der Waals surface area (Å²) in [6.07, 6.45) is 4.02. The number of thiazole rings is 1. The van der Waals surface area contributed by atoms with E-state index in [1.165, 1.54) is 0 Å². The van der Waals surface area contributed by atoms with E-state index in [0.29, 0.717) is 25.3 Å². The minimum atomic E-state index is 0.0800. The van der Waals surface area contributed by atoms with Gasteiger partial charge in [-0.15, -0.1) is 11.3 Å². The quantitative estimate of drug-likeness (QED) is 0.874. The van der Waals surface area contributed by atoms with Crippen molar-refractivity contribution in [3.05, 3.63) is 16.1 Å². The number of rotatable bonds is 6. The number of aromatic nitrogens is 1. The number of amides is 2. The average Bonchev–Trinajstić information content (AvgIpc) is 3.03. The molecule has 1 aliphatic rings. The van der Waals surface area contributed by atoms with Crippen LogP contribution in [0, 0.1) is 0 Å². The predicted octanol–water partition coefficient (Wildman–Crippen LogP) is 2.33. The number of hydrogen-bond acceptors (Lipinski definition) is 4. The van der Waals surface area contributed by atoms with Gasteiger partial charge in [0.05, 0.1) is 10.7 Å². The molecule has 0 aliphatic carbocycles. The lowest BCUT2D eigenvalue weighted by molar-refractivity contribution is -0.132. The SMILES string of the molecule is CCC(=O)NCCc1csc(C2CCCN(C(=O)CC)C2)n1. The molecule has 5 nitrogen and oxygen atoms in total. The Morgan fingerprint density at radius 2 is 2.23 bits per heavy atom. The summed E-state index contributed by atoms with van der Waals surface area (Å²) in [7, 11) is 0. The number of likely N-dealkylation sites (tertiary alicyclic amines) is 1. The van der Waals surface area contributed by atoms with Gasteiger partial charge in [0.25, 0.3) is 0 Å². The van der Waals surface area contributed by atoms with Crippen LogP contribution in [0.1, 0.15) is 56.2 Å². The Balaban J connectivity index is 1.87. The number of piperidine rings is 1. The van der Waals surface area contributed by atoms with Crippen LogP contribution >= 0.6 is 11.3 Å². The van der Waals surface area contributed by atoms with Crippen molar-refractivity contribution in [2.75, 3.05) is 19.6 Å². The Labute approximate surface area is 136 Å². The minimum Gasteiger partial charge on any atom is -0.356 e.